The van der Waals surface area contributed by atoms with Crippen LogP contribution in [0.15, 0.2) is 66.0 Å². The van der Waals surface area contributed by atoms with E-state index in [9.17, 15) is 9.90 Å². The standard InChI is InChI=1S/C29H36N2O3S/c1-21(2)30(18-24(32)17-23-7-5-4-6-8-23)19-29(33)31-15-13-28-26(14-16-35-28)27(31)20-34-25-11-9-22(3)10-12-25/h4-12,14,16,21,24,27,32H,13,15,17-20H2,1-3H3/t24-,27-/m0/s1. The lowest BCUT2D eigenvalue weighted by molar-refractivity contribution is -0.137. The Hall–Kier alpha value is -2.67. The molecular formula is C29H36N2O3S. The molecule has 1 aliphatic rings. The molecule has 0 unspecified atom stereocenters. The number of carbonyl (C=O) groups is 1. The van der Waals surface area contributed by atoms with E-state index >= 15 is 0 Å². The van der Waals surface area contributed by atoms with E-state index in [4.69, 9.17) is 4.74 Å². The summed E-state index contributed by atoms with van der Waals surface area (Å²) in [5, 5.41) is 12.9. The van der Waals surface area contributed by atoms with Crippen molar-refractivity contribution in [2.24, 2.45) is 0 Å². The molecule has 1 amide bonds. The second-order valence-electron chi connectivity index (χ2n) is 9.64. The van der Waals surface area contributed by atoms with E-state index in [-0.39, 0.29) is 24.5 Å². The van der Waals surface area contributed by atoms with Crippen molar-refractivity contribution < 1.29 is 14.6 Å². The molecule has 6 heteroatoms. The van der Waals surface area contributed by atoms with Crippen molar-refractivity contribution in [2.75, 3.05) is 26.2 Å². The number of hydrogen-bond donors (Lipinski definition) is 1. The van der Waals surface area contributed by atoms with Gasteiger partial charge in [-0.1, -0.05) is 48.0 Å². The SMILES string of the molecule is Cc1ccc(OC[C@H]2c3ccsc3CCN2C(=O)CN(C[C@@H](O)Cc2ccccc2)C(C)C)cc1. The summed E-state index contributed by atoms with van der Waals surface area (Å²) >= 11 is 1.76. The van der Waals surface area contributed by atoms with E-state index in [0.717, 1.165) is 17.7 Å². The highest BCUT2D eigenvalue weighted by Gasteiger charge is 2.33. The molecule has 3 aromatic rings. The third-order valence-corrected chi connectivity index (χ3v) is 7.67. The minimum Gasteiger partial charge on any atom is -0.491 e. The highest BCUT2D eigenvalue weighted by molar-refractivity contribution is 7.10. The smallest absolute Gasteiger partial charge is 0.237 e. The molecule has 1 aliphatic heterocycles. The second-order valence-corrected chi connectivity index (χ2v) is 10.6. The van der Waals surface area contributed by atoms with Crippen molar-refractivity contribution in [3.8, 4) is 5.75 Å². The monoisotopic (exact) mass is 492 g/mol. The zero-order valence-electron chi connectivity index (χ0n) is 20.9. The van der Waals surface area contributed by atoms with Crippen molar-refractivity contribution in [1.29, 1.82) is 0 Å². The Balaban J connectivity index is 1.43. The van der Waals surface area contributed by atoms with Crippen molar-refractivity contribution >= 4 is 17.2 Å². The summed E-state index contributed by atoms with van der Waals surface area (Å²) in [4.78, 5) is 19.0. The van der Waals surface area contributed by atoms with E-state index < -0.39 is 6.10 Å². The van der Waals surface area contributed by atoms with Gasteiger partial charge in [0, 0.05) is 24.0 Å². The predicted molar refractivity (Wildman–Crippen MR) is 142 cm³/mol. The molecule has 2 aromatic carbocycles. The fraction of sp³-hybridized carbons (Fsp3) is 0.414. The van der Waals surface area contributed by atoms with Gasteiger partial charge in [-0.05, 0) is 68.3 Å². The normalized spacial score (nSPS) is 16.4. The Morgan fingerprint density at radius 3 is 2.60 bits per heavy atom. The highest BCUT2D eigenvalue weighted by atomic mass is 32.1. The fourth-order valence-electron chi connectivity index (χ4n) is 4.63. The minimum absolute atomic E-state index is 0.0833. The second kappa shape index (κ2) is 11.8. The predicted octanol–water partition coefficient (Wildman–Crippen LogP) is 4.88. The number of rotatable bonds is 10. The van der Waals surface area contributed by atoms with Crippen molar-refractivity contribution in [1.82, 2.24) is 9.80 Å². The van der Waals surface area contributed by atoms with Crippen LogP contribution in [0.3, 0.4) is 0 Å². The number of aryl methyl sites for hydroxylation is 1. The van der Waals surface area contributed by atoms with Crippen LogP contribution < -0.4 is 4.74 Å². The highest BCUT2D eigenvalue weighted by Crippen LogP contribution is 2.34. The fourth-order valence-corrected chi connectivity index (χ4v) is 5.56. The summed E-state index contributed by atoms with van der Waals surface area (Å²) in [5.41, 5.74) is 3.49. The number of aliphatic hydroxyl groups is 1. The molecule has 4 rings (SSSR count). The van der Waals surface area contributed by atoms with Gasteiger partial charge in [0.05, 0.1) is 18.7 Å². The Labute approximate surface area is 213 Å². The van der Waals surface area contributed by atoms with E-state index in [1.807, 2.05) is 59.5 Å². The number of amides is 1. The van der Waals surface area contributed by atoms with Gasteiger partial charge in [-0.25, -0.2) is 0 Å². The van der Waals surface area contributed by atoms with Gasteiger partial charge in [-0.2, -0.15) is 0 Å². The summed E-state index contributed by atoms with van der Waals surface area (Å²) in [6.07, 6.45) is 0.920. The molecule has 0 saturated heterocycles. The zero-order valence-corrected chi connectivity index (χ0v) is 21.7. The first-order valence-corrected chi connectivity index (χ1v) is 13.3. The van der Waals surface area contributed by atoms with Crippen molar-refractivity contribution in [3.63, 3.8) is 0 Å². The van der Waals surface area contributed by atoms with E-state index in [2.05, 4.69) is 37.1 Å². The third kappa shape index (κ3) is 6.72. The van der Waals surface area contributed by atoms with Crippen LogP contribution >= 0.6 is 11.3 Å². The number of ether oxygens (including phenoxy) is 1. The number of fused-ring (bicyclic) bond motifs is 1. The summed E-state index contributed by atoms with van der Waals surface area (Å²) in [6.45, 7) is 8.07. The van der Waals surface area contributed by atoms with Crippen LogP contribution in [0.25, 0.3) is 0 Å². The Morgan fingerprint density at radius 2 is 1.89 bits per heavy atom. The molecule has 0 saturated carbocycles. The molecule has 0 aliphatic carbocycles. The largest absolute Gasteiger partial charge is 0.491 e. The van der Waals surface area contributed by atoms with Crippen molar-refractivity contribution in [3.05, 3.63) is 87.6 Å². The summed E-state index contributed by atoms with van der Waals surface area (Å²) in [5.74, 6) is 0.901. The molecule has 5 nitrogen and oxygen atoms in total. The Morgan fingerprint density at radius 1 is 1.14 bits per heavy atom. The molecule has 0 spiro atoms. The Bertz CT molecular complexity index is 1080. The van der Waals surface area contributed by atoms with Gasteiger partial charge < -0.3 is 14.7 Å². The lowest BCUT2D eigenvalue weighted by Gasteiger charge is -2.38. The van der Waals surface area contributed by atoms with Crippen LogP contribution in [0, 0.1) is 6.92 Å². The molecule has 0 radical (unpaired) electrons. The Kier molecular flexibility index (Phi) is 8.60. The first-order valence-electron chi connectivity index (χ1n) is 12.4. The van der Waals surface area contributed by atoms with Gasteiger partial charge in [0.2, 0.25) is 5.91 Å². The maximum atomic E-state index is 13.6. The molecule has 1 aromatic heterocycles. The number of hydrogen-bond acceptors (Lipinski definition) is 5. The quantitative estimate of drug-likeness (QED) is 0.439. The molecule has 2 atom stereocenters. The lowest BCUT2D eigenvalue weighted by atomic mass is 10.00. The van der Waals surface area contributed by atoms with Gasteiger partial charge in [-0.15, -0.1) is 11.3 Å². The van der Waals surface area contributed by atoms with Gasteiger partial charge >= 0.3 is 0 Å². The third-order valence-electron chi connectivity index (χ3n) is 6.67. The van der Waals surface area contributed by atoms with Crippen LogP contribution in [0.4, 0.5) is 0 Å². The van der Waals surface area contributed by atoms with Crippen LogP contribution in [0.2, 0.25) is 0 Å². The van der Waals surface area contributed by atoms with E-state index in [0.29, 0.717) is 26.1 Å². The summed E-state index contributed by atoms with van der Waals surface area (Å²) in [7, 11) is 0. The molecule has 0 fully saturated rings. The number of thiophene rings is 1. The lowest BCUT2D eigenvalue weighted by Crippen LogP contribution is -2.49. The molecular weight excluding hydrogens is 456 g/mol. The van der Waals surface area contributed by atoms with E-state index in [1.54, 1.807) is 11.3 Å². The summed E-state index contributed by atoms with van der Waals surface area (Å²) in [6, 6.07) is 20.2. The number of nitrogens with zero attached hydrogens (tertiary/aromatic N) is 2. The van der Waals surface area contributed by atoms with Crippen LogP contribution in [-0.4, -0.2) is 59.2 Å². The van der Waals surface area contributed by atoms with Crippen molar-refractivity contribution in [2.45, 2.75) is 51.8 Å². The first kappa shape index (κ1) is 25.4. The van der Waals surface area contributed by atoms with Crippen LogP contribution in [0.1, 0.15) is 41.5 Å². The summed E-state index contributed by atoms with van der Waals surface area (Å²) < 4.78 is 6.15. The van der Waals surface area contributed by atoms with Gasteiger partial charge in [-0.3, -0.25) is 9.69 Å². The van der Waals surface area contributed by atoms with E-state index in [1.165, 1.54) is 16.0 Å². The maximum absolute atomic E-state index is 13.6. The van der Waals surface area contributed by atoms with Gasteiger partial charge in [0.15, 0.2) is 0 Å². The number of carbonyl (C=O) groups excluding carboxylic acids is 1. The molecule has 0 bridgehead atoms. The van der Waals surface area contributed by atoms with Crippen LogP contribution in [0.5, 0.6) is 5.75 Å². The average molecular weight is 493 g/mol. The molecule has 186 valence electrons. The molecule has 2 heterocycles. The molecule has 35 heavy (non-hydrogen) atoms. The zero-order chi connectivity index (χ0) is 24.8. The maximum Gasteiger partial charge on any atom is 0.237 e. The number of aliphatic hydroxyl groups excluding tert-OH is 1. The average Bonchev–Trinajstić information content (AvgIpc) is 3.33. The van der Waals surface area contributed by atoms with Crippen LogP contribution in [-0.2, 0) is 17.6 Å². The molecule has 1 N–H and O–H groups in total. The van der Waals surface area contributed by atoms with Gasteiger partial charge in [0.1, 0.15) is 12.4 Å². The topological polar surface area (TPSA) is 53.0 Å². The van der Waals surface area contributed by atoms with Gasteiger partial charge in [0.25, 0.3) is 0 Å². The first-order chi connectivity index (χ1) is 16.9. The number of benzene rings is 2. The minimum atomic E-state index is -0.530.